The molecule has 0 spiro atoms. The predicted octanol–water partition coefficient (Wildman–Crippen LogP) is 24.6. The molecule has 2 rings (SSSR count). The molecule has 2 nitrogen and oxygen atoms in total. The molecule has 408 valence electrons. The molecule has 0 amide bonds. The van der Waals surface area contributed by atoms with Crippen molar-refractivity contribution < 1.29 is 16.5 Å². The van der Waals surface area contributed by atoms with Crippen LogP contribution >= 0.6 is 0 Å². The van der Waals surface area contributed by atoms with E-state index < -0.39 is 0 Å². The van der Waals surface area contributed by atoms with E-state index in [0.717, 1.165) is 36.3 Å². The first-order chi connectivity index (χ1) is 34.7. The van der Waals surface area contributed by atoms with Crippen molar-refractivity contribution in [1.82, 2.24) is 0 Å². The molecule has 0 radical (unpaired) electrons. The maximum absolute atomic E-state index is 5.02. The van der Waals surface area contributed by atoms with Crippen LogP contribution in [0.4, 0.5) is 11.4 Å². The number of allylic oxidation sites excluding steroid dienone is 2. The summed E-state index contributed by atoms with van der Waals surface area (Å²) in [6.45, 7) is 6.86. The fourth-order valence-corrected chi connectivity index (χ4v) is 9.98. The van der Waals surface area contributed by atoms with Crippen LogP contribution in [-0.4, -0.2) is 11.9 Å². The van der Waals surface area contributed by atoms with Crippen molar-refractivity contribution in [3.63, 3.8) is 0 Å². The van der Waals surface area contributed by atoms with Gasteiger partial charge in [0.2, 0.25) is 0 Å². The molecule has 0 aromatic heterocycles. The summed E-state index contributed by atoms with van der Waals surface area (Å²) in [6, 6.07) is 17.4. The first kappa shape index (κ1) is 66.8. The standard InChI is InChI=1S/C68H116N2.Ni/c1-4-7-10-12-14-16-18-20-22-24-26-28-30-32-34-36-38-40-42-44-46-48-50-52-64-55-59-66(60-56-64)69-63-68(54-9-6-3)70-67-61-57-65(58-62-67)53-51-49-47-45-43-41-39-37-35-33-31-29-27-25-23-21-19-17-15-13-11-8-5-2;/h50-53,55-63H,4-49,54H2,1-3H3;. The minimum atomic E-state index is 0. The second-order valence-electron chi connectivity index (χ2n) is 21.7. The molecule has 71 heavy (non-hydrogen) atoms. The third-order valence-corrected chi connectivity index (χ3v) is 14.8. The molecule has 0 atom stereocenters. The van der Waals surface area contributed by atoms with E-state index in [1.807, 2.05) is 6.21 Å². The van der Waals surface area contributed by atoms with Gasteiger partial charge in [0, 0.05) is 22.7 Å². The zero-order valence-corrected chi connectivity index (χ0v) is 48.4. The number of hydrogen-bond acceptors (Lipinski definition) is 2. The van der Waals surface area contributed by atoms with Crippen LogP contribution in [0.1, 0.15) is 334 Å². The Kier molecular flexibility index (Phi) is 50.8. The summed E-state index contributed by atoms with van der Waals surface area (Å²) < 4.78 is 0. The molecule has 0 aliphatic rings. The summed E-state index contributed by atoms with van der Waals surface area (Å²) in [6.07, 6.45) is 77.2. The van der Waals surface area contributed by atoms with Gasteiger partial charge in [-0.25, -0.2) is 0 Å². The van der Waals surface area contributed by atoms with Crippen LogP contribution in [0.15, 0.2) is 70.7 Å². The van der Waals surface area contributed by atoms with Crippen LogP contribution in [0, 0.1) is 0 Å². The number of rotatable bonds is 52. The summed E-state index contributed by atoms with van der Waals surface area (Å²) in [5.74, 6) is 0. The number of benzene rings is 2. The smallest absolute Gasteiger partial charge is 0.0634 e. The quantitative estimate of drug-likeness (QED) is 0.0358. The fraction of sp³-hybridized carbons (Fsp3) is 0.735. The summed E-state index contributed by atoms with van der Waals surface area (Å²) in [7, 11) is 0. The molecule has 0 N–H and O–H groups in total. The van der Waals surface area contributed by atoms with Gasteiger partial charge in [-0.2, -0.15) is 0 Å². The fourth-order valence-electron chi connectivity index (χ4n) is 9.98. The Morgan fingerprint density at radius 3 is 0.845 bits per heavy atom. The Labute approximate surface area is 453 Å². The van der Waals surface area contributed by atoms with Gasteiger partial charge in [0.25, 0.3) is 0 Å². The molecule has 0 aliphatic carbocycles. The summed E-state index contributed by atoms with van der Waals surface area (Å²) in [4.78, 5) is 9.85. The third-order valence-electron chi connectivity index (χ3n) is 14.8. The first-order valence-electron chi connectivity index (χ1n) is 31.4. The minimum absolute atomic E-state index is 0. The SMILES string of the molecule is CCCCCCCCCCCCCCCCCCCCCCCC=Cc1ccc(N=CC(CCCC)=Nc2ccc(C=CCCCCCCCCCCCCCCCCCCCCCCC)cc2)cc1.[Ni]. The molecule has 2 aromatic rings. The van der Waals surface area contributed by atoms with Crippen molar-refractivity contribution in [3.8, 4) is 0 Å². The van der Waals surface area contributed by atoms with Gasteiger partial charge in [-0.05, 0) is 73.9 Å². The van der Waals surface area contributed by atoms with E-state index in [1.165, 1.54) is 294 Å². The van der Waals surface area contributed by atoms with Crippen LogP contribution in [0.2, 0.25) is 0 Å². The number of unbranched alkanes of at least 4 members (excludes halogenated alkanes) is 43. The van der Waals surface area contributed by atoms with Gasteiger partial charge in [-0.1, -0.05) is 333 Å². The molecule has 0 bridgehead atoms. The Balaban J connectivity index is 0.0000252. The number of hydrogen-bond donors (Lipinski definition) is 0. The van der Waals surface area contributed by atoms with Gasteiger partial charge in [0.05, 0.1) is 17.1 Å². The van der Waals surface area contributed by atoms with E-state index in [9.17, 15) is 0 Å². The van der Waals surface area contributed by atoms with E-state index in [0.29, 0.717) is 0 Å². The Morgan fingerprint density at radius 1 is 0.310 bits per heavy atom. The first-order valence-corrected chi connectivity index (χ1v) is 31.4. The van der Waals surface area contributed by atoms with Gasteiger partial charge in [-0.3, -0.25) is 9.98 Å². The molecular weight excluding hydrogens is 903 g/mol. The average Bonchev–Trinajstić information content (AvgIpc) is 3.38. The zero-order valence-electron chi connectivity index (χ0n) is 47.5. The van der Waals surface area contributed by atoms with Gasteiger partial charge in [0.15, 0.2) is 0 Å². The van der Waals surface area contributed by atoms with Crippen molar-refractivity contribution >= 4 is 35.5 Å². The molecule has 3 heteroatoms. The minimum Gasteiger partial charge on any atom is -0.255 e. The molecule has 0 heterocycles. The predicted molar refractivity (Wildman–Crippen MR) is 320 cm³/mol. The largest absolute Gasteiger partial charge is 0.255 e. The second-order valence-corrected chi connectivity index (χ2v) is 21.7. The van der Waals surface area contributed by atoms with Crippen LogP contribution < -0.4 is 0 Å². The second kappa shape index (κ2) is 54.0. The van der Waals surface area contributed by atoms with E-state index in [-0.39, 0.29) is 16.5 Å². The Hall–Kier alpha value is -2.25. The molecule has 0 saturated carbocycles. The van der Waals surface area contributed by atoms with Gasteiger partial charge in [0.1, 0.15) is 0 Å². The summed E-state index contributed by atoms with van der Waals surface area (Å²) in [5, 5.41) is 0. The zero-order chi connectivity index (χ0) is 49.7. The van der Waals surface area contributed by atoms with Crippen molar-refractivity contribution in [2.45, 2.75) is 323 Å². The topological polar surface area (TPSA) is 24.7 Å². The summed E-state index contributed by atoms with van der Waals surface area (Å²) >= 11 is 0. The van der Waals surface area contributed by atoms with E-state index in [2.05, 4.69) is 93.6 Å². The number of nitrogens with zero attached hydrogens (tertiary/aromatic N) is 2. The third kappa shape index (κ3) is 44.9. The van der Waals surface area contributed by atoms with Crippen LogP contribution in [0.5, 0.6) is 0 Å². The maximum atomic E-state index is 5.02. The Bertz CT molecular complexity index is 1490. The molecule has 2 aromatic carbocycles. The van der Waals surface area contributed by atoms with E-state index >= 15 is 0 Å². The van der Waals surface area contributed by atoms with Crippen molar-refractivity contribution in [2.75, 3.05) is 0 Å². The van der Waals surface area contributed by atoms with Crippen LogP contribution in [0.3, 0.4) is 0 Å². The Morgan fingerprint density at radius 2 is 0.563 bits per heavy atom. The van der Waals surface area contributed by atoms with Gasteiger partial charge < -0.3 is 0 Å². The van der Waals surface area contributed by atoms with Crippen LogP contribution in [-0.2, 0) is 16.5 Å². The molecular formula is C68H116N2Ni. The van der Waals surface area contributed by atoms with Crippen molar-refractivity contribution in [2.24, 2.45) is 9.98 Å². The van der Waals surface area contributed by atoms with Crippen LogP contribution in [0.25, 0.3) is 12.2 Å². The monoisotopic (exact) mass is 1020 g/mol. The molecule has 0 fully saturated rings. The summed E-state index contributed by atoms with van der Waals surface area (Å²) in [5.41, 5.74) is 5.56. The maximum Gasteiger partial charge on any atom is 0.0634 e. The normalized spacial score (nSPS) is 12.1. The number of aliphatic imine (C=N–C) groups is 2. The van der Waals surface area contributed by atoms with Crippen molar-refractivity contribution in [1.29, 1.82) is 0 Å². The molecule has 0 unspecified atom stereocenters. The van der Waals surface area contributed by atoms with Gasteiger partial charge >= 0.3 is 0 Å². The van der Waals surface area contributed by atoms with E-state index in [1.54, 1.807) is 0 Å². The molecule has 0 aliphatic heterocycles. The average molecular weight is 1020 g/mol. The molecule has 0 saturated heterocycles. The van der Waals surface area contributed by atoms with E-state index in [4.69, 9.17) is 9.98 Å². The van der Waals surface area contributed by atoms with Gasteiger partial charge in [-0.15, -0.1) is 0 Å². The van der Waals surface area contributed by atoms with Crippen molar-refractivity contribution in [3.05, 3.63) is 71.8 Å².